The number of carbonyl (C=O) groups is 1. The van der Waals surface area contributed by atoms with E-state index in [0.29, 0.717) is 12.3 Å². The van der Waals surface area contributed by atoms with Crippen LogP contribution in [-0.2, 0) is 4.74 Å². The van der Waals surface area contributed by atoms with Gasteiger partial charge in [0.15, 0.2) is 5.69 Å². The highest BCUT2D eigenvalue weighted by molar-refractivity contribution is 5.93. The van der Waals surface area contributed by atoms with Crippen LogP contribution in [-0.4, -0.2) is 42.9 Å². The smallest absolute Gasteiger partial charge is 0.359 e. The van der Waals surface area contributed by atoms with Gasteiger partial charge in [-0.15, -0.1) is 0 Å². The molecule has 0 aromatic carbocycles. The molecule has 0 unspecified atom stereocenters. The summed E-state index contributed by atoms with van der Waals surface area (Å²) in [6.45, 7) is 2.08. The SMILES string of the molecule is CCOC(=O)c1ncccc1N=CN(C)C. The van der Waals surface area contributed by atoms with Gasteiger partial charge in [-0.2, -0.15) is 0 Å². The van der Waals surface area contributed by atoms with Crippen molar-refractivity contribution in [2.45, 2.75) is 6.92 Å². The molecule has 0 N–H and O–H groups in total. The van der Waals surface area contributed by atoms with Crippen molar-refractivity contribution in [1.82, 2.24) is 9.88 Å². The van der Waals surface area contributed by atoms with Crippen LogP contribution in [0.3, 0.4) is 0 Å². The lowest BCUT2D eigenvalue weighted by Crippen LogP contribution is -2.09. The maximum atomic E-state index is 11.5. The molecule has 1 aromatic rings. The molecule has 0 aliphatic heterocycles. The van der Waals surface area contributed by atoms with Crippen LogP contribution < -0.4 is 0 Å². The minimum Gasteiger partial charge on any atom is -0.461 e. The Hall–Kier alpha value is -1.91. The number of esters is 1. The summed E-state index contributed by atoms with van der Waals surface area (Å²) in [4.78, 5) is 21.4. The van der Waals surface area contributed by atoms with Gasteiger partial charge in [-0.1, -0.05) is 0 Å². The Morgan fingerprint density at radius 3 is 3.00 bits per heavy atom. The molecule has 16 heavy (non-hydrogen) atoms. The first-order valence-corrected chi connectivity index (χ1v) is 4.98. The van der Waals surface area contributed by atoms with E-state index in [0.717, 1.165) is 0 Å². The van der Waals surface area contributed by atoms with E-state index in [-0.39, 0.29) is 5.69 Å². The maximum absolute atomic E-state index is 11.5. The number of ether oxygens (including phenoxy) is 1. The van der Waals surface area contributed by atoms with E-state index in [4.69, 9.17) is 4.74 Å². The van der Waals surface area contributed by atoms with E-state index in [9.17, 15) is 4.79 Å². The highest BCUT2D eigenvalue weighted by Gasteiger charge is 2.12. The normalized spacial score (nSPS) is 10.4. The third-order valence-corrected chi connectivity index (χ3v) is 1.68. The van der Waals surface area contributed by atoms with Crippen molar-refractivity contribution in [3.63, 3.8) is 0 Å². The summed E-state index contributed by atoms with van der Waals surface area (Å²) in [6.07, 6.45) is 3.15. The third kappa shape index (κ3) is 3.34. The monoisotopic (exact) mass is 221 g/mol. The van der Waals surface area contributed by atoms with Crippen molar-refractivity contribution < 1.29 is 9.53 Å². The summed E-state index contributed by atoms with van der Waals surface area (Å²) in [5.41, 5.74) is 0.747. The molecule has 1 heterocycles. The second kappa shape index (κ2) is 5.85. The zero-order valence-corrected chi connectivity index (χ0v) is 9.67. The number of aromatic nitrogens is 1. The fourth-order valence-electron chi connectivity index (χ4n) is 1.04. The Morgan fingerprint density at radius 1 is 1.62 bits per heavy atom. The minimum atomic E-state index is -0.450. The number of pyridine rings is 1. The summed E-state index contributed by atoms with van der Waals surface area (Å²) in [7, 11) is 3.70. The van der Waals surface area contributed by atoms with Gasteiger partial charge >= 0.3 is 5.97 Å². The Kier molecular flexibility index (Phi) is 4.44. The summed E-state index contributed by atoms with van der Waals surface area (Å²) >= 11 is 0. The second-order valence-electron chi connectivity index (χ2n) is 3.30. The van der Waals surface area contributed by atoms with Crippen molar-refractivity contribution in [2.24, 2.45) is 4.99 Å². The highest BCUT2D eigenvalue weighted by Crippen LogP contribution is 2.16. The molecule has 0 atom stereocenters. The van der Waals surface area contributed by atoms with Crippen molar-refractivity contribution in [3.05, 3.63) is 24.0 Å². The average Bonchev–Trinajstić information content (AvgIpc) is 2.27. The average molecular weight is 221 g/mol. The highest BCUT2D eigenvalue weighted by atomic mass is 16.5. The number of hydrogen-bond donors (Lipinski definition) is 0. The molecule has 0 fully saturated rings. The third-order valence-electron chi connectivity index (χ3n) is 1.68. The van der Waals surface area contributed by atoms with Crippen LogP contribution in [0.1, 0.15) is 17.4 Å². The number of nitrogens with zero attached hydrogens (tertiary/aromatic N) is 3. The van der Waals surface area contributed by atoms with E-state index < -0.39 is 5.97 Å². The molecule has 0 aliphatic rings. The number of rotatable bonds is 4. The molecular formula is C11H15N3O2. The van der Waals surface area contributed by atoms with Gasteiger partial charge in [0, 0.05) is 20.3 Å². The van der Waals surface area contributed by atoms with E-state index in [1.165, 1.54) is 0 Å². The number of hydrogen-bond acceptors (Lipinski definition) is 4. The van der Waals surface area contributed by atoms with Crippen LogP contribution in [0.2, 0.25) is 0 Å². The van der Waals surface area contributed by atoms with Crippen LogP contribution in [0.5, 0.6) is 0 Å². The zero-order valence-electron chi connectivity index (χ0n) is 9.67. The Bertz CT molecular complexity index is 389. The van der Waals surface area contributed by atoms with Crippen molar-refractivity contribution in [3.8, 4) is 0 Å². The van der Waals surface area contributed by atoms with Gasteiger partial charge in [0.05, 0.1) is 18.6 Å². The molecule has 5 nitrogen and oxygen atoms in total. The van der Waals surface area contributed by atoms with Gasteiger partial charge < -0.3 is 9.64 Å². The fraction of sp³-hybridized carbons (Fsp3) is 0.364. The molecule has 1 aromatic heterocycles. The molecule has 0 radical (unpaired) electrons. The first-order chi connectivity index (χ1) is 7.65. The summed E-state index contributed by atoms with van der Waals surface area (Å²) in [5, 5.41) is 0. The summed E-state index contributed by atoms with van der Waals surface area (Å²) in [6, 6.07) is 3.45. The summed E-state index contributed by atoms with van der Waals surface area (Å²) < 4.78 is 4.89. The molecule has 1 rings (SSSR count). The zero-order chi connectivity index (χ0) is 12.0. The maximum Gasteiger partial charge on any atom is 0.359 e. The molecule has 0 bridgehead atoms. The molecule has 0 amide bonds. The molecule has 86 valence electrons. The van der Waals surface area contributed by atoms with E-state index in [1.54, 1.807) is 36.5 Å². The van der Waals surface area contributed by atoms with E-state index in [2.05, 4.69) is 9.98 Å². The first-order valence-electron chi connectivity index (χ1n) is 4.98. The van der Waals surface area contributed by atoms with E-state index in [1.807, 2.05) is 14.1 Å². The number of carbonyl (C=O) groups excluding carboxylic acids is 1. The minimum absolute atomic E-state index is 0.238. The second-order valence-corrected chi connectivity index (χ2v) is 3.30. The van der Waals surface area contributed by atoms with Crippen LogP contribution in [0.15, 0.2) is 23.3 Å². The fourth-order valence-corrected chi connectivity index (χ4v) is 1.04. The standard InChI is InChI=1S/C11H15N3O2/c1-4-16-11(15)10-9(6-5-7-12-10)13-8-14(2)3/h5-8H,4H2,1-3H3. The molecule has 5 heteroatoms. The lowest BCUT2D eigenvalue weighted by atomic mass is 10.3. The van der Waals surface area contributed by atoms with Gasteiger partial charge in [-0.3, -0.25) is 0 Å². The Labute approximate surface area is 94.8 Å². The number of aliphatic imine (C=N–C) groups is 1. The van der Waals surface area contributed by atoms with Gasteiger partial charge in [0.1, 0.15) is 0 Å². The lowest BCUT2D eigenvalue weighted by molar-refractivity contribution is 0.0520. The van der Waals surface area contributed by atoms with Crippen LogP contribution in [0.25, 0.3) is 0 Å². The predicted molar refractivity (Wildman–Crippen MR) is 62.0 cm³/mol. The van der Waals surface area contributed by atoms with Crippen molar-refractivity contribution in [1.29, 1.82) is 0 Å². The van der Waals surface area contributed by atoms with Crippen LogP contribution in [0.4, 0.5) is 5.69 Å². The predicted octanol–water partition coefficient (Wildman–Crippen LogP) is 1.48. The topological polar surface area (TPSA) is 54.8 Å². The quantitative estimate of drug-likeness (QED) is 0.439. The van der Waals surface area contributed by atoms with Gasteiger partial charge in [0.2, 0.25) is 0 Å². The molecule has 0 aliphatic carbocycles. The largest absolute Gasteiger partial charge is 0.461 e. The van der Waals surface area contributed by atoms with Crippen LogP contribution in [0, 0.1) is 0 Å². The molecular weight excluding hydrogens is 206 g/mol. The van der Waals surface area contributed by atoms with Crippen LogP contribution >= 0.6 is 0 Å². The summed E-state index contributed by atoms with van der Waals surface area (Å²) in [5.74, 6) is -0.450. The van der Waals surface area contributed by atoms with Gasteiger partial charge in [0.25, 0.3) is 0 Å². The van der Waals surface area contributed by atoms with Gasteiger partial charge in [-0.05, 0) is 19.1 Å². The Balaban J connectivity index is 2.96. The van der Waals surface area contributed by atoms with Gasteiger partial charge in [-0.25, -0.2) is 14.8 Å². The first kappa shape index (κ1) is 12.2. The lowest BCUT2D eigenvalue weighted by Gasteiger charge is -2.05. The van der Waals surface area contributed by atoms with Crippen molar-refractivity contribution in [2.75, 3.05) is 20.7 Å². The van der Waals surface area contributed by atoms with Crippen molar-refractivity contribution >= 4 is 18.0 Å². The molecule has 0 spiro atoms. The molecule has 0 saturated heterocycles. The molecule has 0 saturated carbocycles. The Morgan fingerprint density at radius 2 is 2.38 bits per heavy atom. The van der Waals surface area contributed by atoms with E-state index >= 15 is 0 Å².